The van der Waals surface area contributed by atoms with Gasteiger partial charge in [-0.05, 0) is 23.5 Å². The molecule has 0 bridgehead atoms. The van der Waals surface area contributed by atoms with Crippen molar-refractivity contribution in [2.24, 2.45) is 5.73 Å². The molecule has 0 radical (unpaired) electrons. The minimum atomic E-state index is 0.302. The maximum Gasteiger partial charge on any atom is 0.230 e. The lowest BCUT2D eigenvalue weighted by Gasteiger charge is -2.06. The van der Waals surface area contributed by atoms with E-state index in [-0.39, 0.29) is 0 Å². The van der Waals surface area contributed by atoms with Crippen molar-refractivity contribution in [1.82, 2.24) is 10.2 Å². The Morgan fingerprint density at radius 2 is 1.72 bits per heavy atom. The molecule has 1 heterocycles. The molecule has 1 aromatic heterocycles. The molecule has 2 rings (SSSR count). The minimum absolute atomic E-state index is 0.302. The van der Waals surface area contributed by atoms with Crippen LogP contribution >= 0.6 is 0 Å². The fourth-order valence-electron chi connectivity index (χ4n) is 1.79. The Kier molecular flexibility index (Phi) is 4.10. The van der Waals surface area contributed by atoms with Crippen LogP contribution in [0.25, 0.3) is 0 Å². The number of nitrogens with zero attached hydrogens (tertiary/aromatic N) is 2. The van der Waals surface area contributed by atoms with Crippen LogP contribution in [0.5, 0.6) is 0 Å². The van der Waals surface area contributed by atoms with E-state index in [2.05, 4.69) is 48.3 Å². The highest BCUT2D eigenvalue weighted by Gasteiger charge is 2.05. The molecule has 18 heavy (non-hydrogen) atoms. The number of hydrogen-bond acceptors (Lipinski definition) is 4. The van der Waals surface area contributed by atoms with Crippen molar-refractivity contribution in [2.75, 3.05) is 0 Å². The average Bonchev–Trinajstić information content (AvgIpc) is 2.85. The van der Waals surface area contributed by atoms with Crippen molar-refractivity contribution >= 4 is 0 Å². The first kappa shape index (κ1) is 12.8. The summed E-state index contributed by atoms with van der Waals surface area (Å²) in [6, 6.07) is 8.68. The Balaban J connectivity index is 1.93. The largest absolute Gasteiger partial charge is 0.424 e. The van der Waals surface area contributed by atoms with Crippen LogP contribution in [0, 0.1) is 0 Å². The predicted octanol–water partition coefficient (Wildman–Crippen LogP) is 2.44. The molecule has 0 aliphatic heterocycles. The number of hydrogen-bond donors (Lipinski definition) is 1. The van der Waals surface area contributed by atoms with Crippen molar-refractivity contribution in [2.45, 2.75) is 39.2 Å². The van der Waals surface area contributed by atoms with Crippen LogP contribution < -0.4 is 5.73 Å². The van der Waals surface area contributed by atoms with E-state index in [1.165, 1.54) is 11.1 Å². The van der Waals surface area contributed by atoms with Gasteiger partial charge in [-0.15, -0.1) is 10.2 Å². The van der Waals surface area contributed by atoms with Crippen LogP contribution in [0.15, 0.2) is 28.7 Å². The van der Waals surface area contributed by atoms with Gasteiger partial charge in [-0.25, -0.2) is 0 Å². The topological polar surface area (TPSA) is 64.9 Å². The van der Waals surface area contributed by atoms with E-state index in [9.17, 15) is 0 Å². The number of aromatic nitrogens is 2. The Hall–Kier alpha value is -1.68. The molecule has 0 spiro atoms. The molecule has 0 unspecified atom stereocenters. The van der Waals surface area contributed by atoms with Crippen molar-refractivity contribution < 1.29 is 4.42 Å². The second-order valence-electron chi connectivity index (χ2n) is 4.69. The normalized spacial score (nSPS) is 11.1. The highest BCUT2D eigenvalue weighted by Crippen LogP contribution is 2.15. The molecule has 2 aromatic rings. The zero-order valence-electron chi connectivity index (χ0n) is 10.9. The van der Waals surface area contributed by atoms with Gasteiger partial charge >= 0.3 is 0 Å². The SMILES string of the molecule is CC(C)c1ccc(CCc2nnc(CN)o2)cc1. The van der Waals surface area contributed by atoms with Gasteiger partial charge in [0.1, 0.15) is 0 Å². The van der Waals surface area contributed by atoms with E-state index < -0.39 is 0 Å². The lowest BCUT2D eigenvalue weighted by molar-refractivity contribution is 0.450. The first-order chi connectivity index (χ1) is 8.69. The number of benzene rings is 1. The monoisotopic (exact) mass is 245 g/mol. The average molecular weight is 245 g/mol. The maximum atomic E-state index is 5.42. The molecule has 96 valence electrons. The third kappa shape index (κ3) is 3.17. The van der Waals surface area contributed by atoms with E-state index in [1.54, 1.807) is 0 Å². The highest BCUT2D eigenvalue weighted by atomic mass is 16.4. The molecule has 0 atom stereocenters. The zero-order valence-corrected chi connectivity index (χ0v) is 10.9. The Morgan fingerprint density at radius 3 is 2.28 bits per heavy atom. The van der Waals surface area contributed by atoms with Gasteiger partial charge in [0.05, 0.1) is 6.54 Å². The molecule has 1 aromatic carbocycles. The van der Waals surface area contributed by atoms with Crippen LogP contribution in [0.3, 0.4) is 0 Å². The molecule has 2 N–H and O–H groups in total. The third-order valence-corrected chi connectivity index (χ3v) is 2.96. The van der Waals surface area contributed by atoms with Gasteiger partial charge in [-0.1, -0.05) is 38.1 Å². The number of rotatable bonds is 5. The summed E-state index contributed by atoms with van der Waals surface area (Å²) in [7, 11) is 0. The van der Waals surface area contributed by atoms with Gasteiger partial charge in [0.25, 0.3) is 0 Å². The molecule has 4 heteroatoms. The molecular weight excluding hydrogens is 226 g/mol. The Morgan fingerprint density at radius 1 is 1.06 bits per heavy atom. The van der Waals surface area contributed by atoms with Crippen molar-refractivity contribution in [3.05, 3.63) is 47.2 Å². The van der Waals surface area contributed by atoms with E-state index in [0.717, 1.165) is 12.8 Å². The second-order valence-corrected chi connectivity index (χ2v) is 4.69. The molecule has 0 amide bonds. The first-order valence-electron chi connectivity index (χ1n) is 6.29. The molecular formula is C14H19N3O. The molecule has 0 saturated heterocycles. The van der Waals surface area contributed by atoms with Crippen molar-refractivity contribution in [1.29, 1.82) is 0 Å². The van der Waals surface area contributed by atoms with Gasteiger partial charge in [0.2, 0.25) is 11.8 Å². The van der Waals surface area contributed by atoms with Crippen LogP contribution in [0.1, 0.15) is 42.7 Å². The summed E-state index contributed by atoms with van der Waals surface area (Å²) in [5, 5.41) is 7.79. The van der Waals surface area contributed by atoms with Crippen LogP contribution in [-0.2, 0) is 19.4 Å². The Bertz CT molecular complexity index is 488. The van der Waals surface area contributed by atoms with Gasteiger partial charge in [-0.3, -0.25) is 0 Å². The molecule has 0 saturated carbocycles. The van der Waals surface area contributed by atoms with Gasteiger partial charge in [0.15, 0.2) is 0 Å². The third-order valence-electron chi connectivity index (χ3n) is 2.96. The summed E-state index contributed by atoms with van der Waals surface area (Å²) in [4.78, 5) is 0. The standard InChI is InChI=1S/C14H19N3O/c1-10(2)12-6-3-11(4-7-12)5-8-13-16-17-14(9-15)18-13/h3-4,6-7,10H,5,8-9,15H2,1-2H3. The lowest BCUT2D eigenvalue weighted by atomic mass is 10.0. The summed E-state index contributed by atoms with van der Waals surface area (Å²) in [5.74, 6) is 1.73. The smallest absolute Gasteiger partial charge is 0.230 e. The van der Waals surface area contributed by atoms with E-state index in [4.69, 9.17) is 10.2 Å². The Labute approximate surface area is 107 Å². The van der Waals surface area contributed by atoms with Gasteiger partial charge in [0, 0.05) is 6.42 Å². The van der Waals surface area contributed by atoms with Gasteiger partial charge < -0.3 is 10.2 Å². The van der Waals surface area contributed by atoms with E-state index in [1.807, 2.05) is 0 Å². The summed E-state index contributed by atoms with van der Waals surface area (Å²) < 4.78 is 5.37. The van der Waals surface area contributed by atoms with Crippen LogP contribution in [0.4, 0.5) is 0 Å². The number of nitrogens with two attached hydrogens (primary N) is 1. The highest BCUT2D eigenvalue weighted by molar-refractivity contribution is 5.24. The van der Waals surface area contributed by atoms with Gasteiger partial charge in [-0.2, -0.15) is 0 Å². The van der Waals surface area contributed by atoms with E-state index in [0.29, 0.717) is 24.2 Å². The van der Waals surface area contributed by atoms with Crippen molar-refractivity contribution in [3.8, 4) is 0 Å². The van der Waals surface area contributed by atoms with Crippen LogP contribution in [-0.4, -0.2) is 10.2 Å². The van der Waals surface area contributed by atoms with Crippen LogP contribution in [0.2, 0.25) is 0 Å². The fourth-order valence-corrected chi connectivity index (χ4v) is 1.79. The quantitative estimate of drug-likeness (QED) is 0.878. The second kappa shape index (κ2) is 5.78. The summed E-state index contributed by atoms with van der Waals surface area (Å²) in [5.41, 5.74) is 8.07. The maximum absolute atomic E-state index is 5.42. The lowest BCUT2D eigenvalue weighted by Crippen LogP contribution is -1.95. The molecule has 4 nitrogen and oxygen atoms in total. The molecule has 0 fully saturated rings. The fraction of sp³-hybridized carbons (Fsp3) is 0.429. The zero-order chi connectivity index (χ0) is 13.0. The first-order valence-corrected chi connectivity index (χ1v) is 6.29. The predicted molar refractivity (Wildman–Crippen MR) is 70.1 cm³/mol. The number of aryl methyl sites for hydroxylation is 2. The van der Waals surface area contributed by atoms with Crippen molar-refractivity contribution in [3.63, 3.8) is 0 Å². The summed E-state index contributed by atoms with van der Waals surface area (Å²) in [6.45, 7) is 4.69. The summed E-state index contributed by atoms with van der Waals surface area (Å²) in [6.07, 6.45) is 1.67. The minimum Gasteiger partial charge on any atom is -0.424 e. The molecule has 0 aliphatic carbocycles. The molecule has 0 aliphatic rings. The summed E-state index contributed by atoms with van der Waals surface area (Å²) >= 11 is 0. The van der Waals surface area contributed by atoms with E-state index >= 15 is 0 Å².